The van der Waals surface area contributed by atoms with Crippen LogP contribution in [0.15, 0.2) is 0 Å². The number of rotatable bonds is 5. The Kier molecular flexibility index (Phi) is 7.79. The highest BCUT2D eigenvalue weighted by Crippen LogP contribution is 2.03. The molecule has 2 atom stereocenters. The maximum absolute atomic E-state index is 10.9. The lowest BCUT2D eigenvalue weighted by Gasteiger charge is -2.15. The van der Waals surface area contributed by atoms with Crippen molar-refractivity contribution in [3.05, 3.63) is 0 Å². The Balaban J connectivity index is 3.80. The number of hydrogen-bond acceptors (Lipinski definition) is 4. The first-order valence-electron chi connectivity index (χ1n) is 3.41. The Morgan fingerprint density at radius 1 is 1.75 bits per heavy atom. The van der Waals surface area contributed by atoms with E-state index in [0.29, 0.717) is 6.42 Å². The number of nitrogens with one attached hydrogen (secondary N) is 1. The van der Waals surface area contributed by atoms with Gasteiger partial charge in [-0.2, -0.15) is 0 Å². The first-order chi connectivity index (χ1) is 5.65. The smallest absolute Gasteiger partial charge is 0.322 e. The van der Waals surface area contributed by atoms with Gasteiger partial charge in [0.05, 0.1) is 7.11 Å². The predicted octanol–water partition coefficient (Wildman–Crippen LogP) is 0.620. The van der Waals surface area contributed by atoms with Crippen LogP contribution in [0.3, 0.4) is 0 Å². The second-order valence-corrected chi connectivity index (χ2v) is 3.83. The molecular weight excluding hydrogens is 386 g/mol. The van der Waals surface area contributed by atoms with Crippen molar-refractivity contribution >= 4 is 51.4 Å². The Labute approximate surface area is 99.6 Å². The van der Waals surface area contributed by atoms with Crippen molar-refractivity contribution in [3.8, 4) is 0 Å². The molecule has 0 saturated carbocycles. The van der Waals surface area contributed by atoms with Crippen LogP contribution in [0.25, 0.3) is 0 Å². The summed E-state index contributed by atoms with van der Waals surface area (Å²) in [5.74, 6) is -0.350. The first kappa shape index (κ1) is 12.8. The van der Waals surface area contributed by atoms with Gasteiger partial charge in [-0.15, -0.1) is 0 Å². The molecule has 0 rings (SSSR count). The molecule has 0 aliphatic heterocycles. The van der Waals surface area contributed by atoms with Crippen molar-refractivity contribution in [1.29, 1.82) is 0 Å². The molecule has 3 N–H and O–H groups in total. The van der Waals surface area contributed by atoms with E-state index in [1.807, 2.05) is 0 Å². The lowest BCUT2D eigenvalue weighted by molar-refractivity contribution is -0.142. The molecule has 0 aromatic rings. The zero-order chi connectivity index (χ0) is 9.56. The summed E-state index contributed by atoms with van der Waals surface area (Å²) in [5, 5.41) is 0. The summed E-state index contributed by atoms with van der Waals surface area (Å²) in [6, 6.07) is -0.252. The highest BCUT2D eigenvalue weighted by atomic mass is 127. The third kappa shape index (κ3) is 4.77. The molecule has 0 radical (unpaired) electrons. The monoisotopic (exact) mass is 398 g/mol. The third-order valence-electron chi connectivity index (χ3n) is 1.38. The maximum atomic E-state index is 10.9. The fraction of sp³-hybridized carbons (Fsp3) is 0.833. The van der Waals surface area contributed by atoms with Crippen LogP contribution in [0.4, 0.5) is 0 Å². The van der Waals surface area contributed by atoms with Crippen molar-refractivity contribution in [2.24, 2.45) is 5.73 Å². The zero-order valence-corrected chi connectivity index (χ0v) is 11.0. The molecule has 0 aromatic carbocycles. The molecule has 0 aliphatic carbocycles. The number of carbonyl (C=O) groups is 1. The van der Waals surface area contributed by atoms with Gasteiger partial charge in [-0.3, -0.25) is 8.32 Å². The van der Waals surface area contributed by atoms with Gasteiger partial charge in [-0.05, 0) is 6.42 Å². The summed E-state index contributed by atoms with van der Waals surface area (Å²) in [4.78, 5) is 10.9. The summed E-state index contributed by atoms with van der Waals surface area (Å²) >= 11 is 4.30. The van der Waals surface area contributed by atoms with Gasteiger partial charge in [0.25, 0.3) is 0 Å². The molecule has 2 unspecified atom stereocenters. The summed E-state index contributed by atoms with van der Waals surface area (Å²) in [7, 11) is 1.35. The molecule has 72 valence electrons. The highest BCUT2D eigenvalue weighted by molar-refractivity contribution is 14.1. The average Bonchev–Trinajstić information content (AvgIpc) is 2.12. The summed E-state index contributed by atoms with van der Waals surface area (Å²) in [6.07, 6.45) is 0.610. The van der Waals surface area contributed by atoms with Crippen molar-refractivity contribution in [1.82, 2.24) is 3.53 Å². The summed E-state index contributed by atoms with van der Waals surface area (Å²) in [5.41, 5.74) is 5.56. The molecule has 0 aliphatic rings. The second-order valence-electron chi connectivity index (χ2n) is 2.33. The average molecular weight is 398 g/mol. The van der Waals surface area contributed by atoms with E-state index < -0.39 is 6.04 Å². The van der Waals surface area contributed by atoms with Crippen molar-refractivity contribution in [2.75, 3.05) is 11.5 Å². The molecular formula is C6H12I2N2O2. The topological polar surface area (TPSA) is 64.3 Å². The number of ether oxygens (including phenoxy) is 1. The van der Waals surface area contributed by atoms with Gasteiger partial charge in [0.15, 0.2) is 0 Å². The van der Waals surface area contributed by atoms with E-state index >= 15 is 0 Å². The normalized spacial score (nSPS) is 15.3. The van der Waals surface area contributed by atoms with Gasteiger partial charge in [-0.1, -0.05) is 22.6 Å². The first-order valence-corrected chi connectivity index (χ1v) is 6.01. The zero-order valence-electron chi connectivity index (χ0n) is 6.72. The minimum atomic E-state index is -0.517. The van der Waals surface area contributed by atoms with Crippen LogP contribution in [0.1, 0.15) is 6.42 Å². The quantitative estimate of drug-likeness (QED) is 0.309. The van der Waals surface area contributed by atoms with Crippen LogP contribution >= 0.6 is 45.5 Å². The Morgan fingerprint density at radius 3 is 2.67 bits per heavy atom. The third-order valence-corrected chi connectivity index (χ3v) is 3.33. The molecule has 0 bridgehead atoms. The molecule has 4 nitrogen and oxygen atoms in total. The molecule has 0 saturated heterocycles. The van der Waals surface area contributed by atoms with Crippen LogP contribution in [-0.2, 0) is 9.53 Å². The molecule has 0 aromatic heterocycles. The van der Waals surface area contributed by atoms with Crippen LogP contribution in [-0.4, -0.2) is 29.6 Å². The fourth-order valence-corrected chi connectivity index (χ4v) is 2.59. The van der Waals surface area contributed by atoms with E-state index in [-0.39, 0.29) is 12.0 Å². The van der Waals surface area contributed by atoms with Crippen molar-refractivity contribution < 1.29 is 9.53 Å². The lowest BCUT2D eigenvalue weighted by atomic mass is 10.1. The fourth-order valence-electron chi connectivity index (χ4n) is 0.691. The van der Waals surface area contributed by atoms with E-state index in [2.05, 4.69) is 53.7 Å². The van der Waals surface area contributed by atoms with E-state index in [1.54, 1.807) is 0 Å². The van der Waals surface area contributed by atoms with Gasteiger partial charge in [0.2, 0.25) is 0 Å². The SMILES string of the molecule is COC(=O)C(N)CC(CI)NI. The number of esters is 1. The molecule has 12 heavy (non-hydrogen) atoms. The molecule has 0 amide bonds. The summed E-state index contributed by atoms with van der Waals surface area (Å²) < 4.78 is 8.46. The van der Waals surface area contributed by atoms with Gasteiger partial charge in [0, 0.05) is 33.3 Å². The van der Waals surface area contributed by atoms with Gasteiger partial charge >= 0.3 is 5.97 Å². The summed E-state index contributed by atoms with van der Waals surface area (Å²) in [6.45, 7) is 0. The van der Waals surface area contributed by atoms with E-state index in [1.165, 1.54) is 7.11 Å². The van der Waals surface area contributed by atoms with Gasteiger partial charge in [0.1, 0.15) is 6.04 Å². The molecule has 6 heteroatoms. The molecule has 0 fully saturated rings. The van der Waals surface area contributed by atoms with Crippen molar-refractivity contribution in [2.45, 2.75) is 18.5 Å². The van der Waals surface area contributed by atoms with Crippen LogP contribution in [0.5, 0.6) is 0 Å². The predicted molar refractivity (Wildman–Crippen MR) is 64.4 cm³/mol. The van der Waals surface area contributed by atoms with Gasteiger partial charge in [-0.25, -0.2) is 0 Å². The Hall–Kier alpha value is 0.850. The Bertz CT molecular complexity index is 142. The lowest BCUT2D eigenvalue weighted by Crippen LogP contribution is -2.38. The number of alkyl halides is 1. The number of nitrogens with two attached hydrogens (primary N) is 1. The minimum absolute atomic E-state index is 0.264. The number of halogens is 2. The Morgan fingerprint density at radius 2 is 2.33 bits per heavy atom. The molecule has 0 spiro atoms. The minimum Gasteiger partial charge on any atom is -0.468 e. The standard InChI is InChI=1S/C6H12I2N2O2/c1-12-6(11)5(9)2-4(3-7)10-8/h4-5,10H,2-3,9H2,1H3. The number of methoxy groups -OCH3 is 1. The second kappa shape index (κ2) is 7.27. The van der Waals surface area contributed by atoms with Crippen LogP contribution in [0, 0.1) is 0 Å². The largest absolute Gasteiger partial charge is 0.468 e. The number of carbonyl (C=O) groups excluding carboxylic acids is 1. The van der Waals surface area contributed by atoms with E-state index in [9.17, 15) is 4.79 Å². The van der Waals surface area contributed by atoms with Crippen LogP contribution in [0.2, 0.25) is 0 Å². The number of hydrogen-bond donors (Lipinski definition) is 2. The molecule has 0 heterocycles. The maximum Gasteiger partial charge on any atom is 0.322 e. The van der Waals surface area contributed by atoms with Crippen LogP contribution < -0.4 is 9.26 Å². The van der Waals surface area contributed by atoms with E-state index in [4.69, 9.17) is 5.73 Å². The van der Waals surface area contributed by atoms with Crippen molar-refractivity contribution in [3.63, 3.8) is 0 Å². The highest BCUT2D eigenvalue weighted by Gasteiger charge is 2.18. The van der Waals surface area contributed by atoms with E-state index in [0.717, 1.165) is 4.43 Å². The van der Waals surface area contributed by atoms with Gasteiger partial charge < -0.3 is 10.5 Å².